The topological polar surface area (TPSA) is 32.3 Å². The number of nitrogens with one attached hydrogen (secondary N) is 1. The summed E-state index contributed by atoms with van der Waals surface area (Å²) in [7, 11) is 1.82. The van der Waals surface area contributed by atoms with E-state index in [4.69, 9.17) is 23.2 Å². The minimum atomic E-state index is -0.0471. The van der Waals surface area contributed by atoms with E-state index in [1.165, 1.54) is 0 Å². The van der Waals surface area contributed by atoms with E-state index in [9.17, 15) is 4.79 Å². The van der Waals surface area contributed by atoms with Crippen LogP contribution in [0.15, 0.2) is 42.5 Å². The van der Waals surface area contributed by atoms with Gasteiger partial charge in [0.1, 0.15) is 0 Å². The summed E-state index contributed by atoms with van der Waals surface area (Å²) in [5.41, 5.74) is 2.82. The summed E-state index contributed by atoms with van der Waals surface area (Å²) in [5, 5.41) is 4.64. The third kappa shape index (κ3) is 2.98. The van der Waals surface area contributed by atoms with E-state index in [1.54, 1.807) is 11.0 Å². The lowest BCUT2D eigenvalue weighted by Crippen LogP contribution is -2.50. The lowest BCUT2D eigenvalue weighted by atomic mass is 9.97. The Morgan fingerprint density at radius 2 is 2.00 bits per heavy atom. The monoisotopic (exact) mass is 334 g/mol. The Bertz CT molecular complexity index is 718. The van der Waals surface area contributed by atoms with Crippen LogP contribution in [-0.2, 0) is 13.0 Å². The van der Waals surface area contributed by atoms with Crippen LogP contribution in [0, 0.1) is 0 Å². The van der Waals surface area contributed by atoms with Gasteiger partial charge in [0.2, 0.25) is 0 Å². The number of halogens is 2. The Morgan fingerprint density at radius 3 is 2.77 bits per heavy atom. The van der Waals surface area contributed by atoms with Gasteiger partial charge in [-0.1, -0.05) is 47.5 Å². The van der Waals surface area contributed by atoms with Crippen LogP contribution in [-0.4, -0.2) is 24.0 Å². The highest BCUT2D eigenvalue weighted by molar-refractivity contribution is 6.35. The van der Waals surface area contributed by atoms with Gasteiger partial charge >= 0.3 is 0 Å². The predicted octanol–water partition coefficient (Wildman–Crippen LogP) is 3.74. The van der Waals surface area contributed by atoms with Gasteiger partial charge in [0.25, 0.3) is 5.91 Å². The first-order chi connectivity index (χ1) is 10.6. The van der Waals surface area contributed by atoms with Crippen molar-refractivity contribution in [1.82, 2.24) is 10.2 Å². The van der Waals surface area contributed by atoms with E-state index >= 15 is 0 Å². The molecule has 1 aliphatic rings. The lowest BCUT2D eigenvalue weighted by molar-refractivity contribution is 0.0671. The molecule has 0 fully saturated rings. The van der Waals surface area contributed by atoms with Crippen molar-refractivity contribution in [3.05, 3.63) is 69.2 Å². The number of amides is 1. The second-order valence-corrected chi connectivity index (χ2v) is 6.25. The standard InChI is InChI=1S/C17H16Cl2N2O/c1-21-16(8-11-4-2-3-5-14(11)17(21)22)20-10-12-6-7-13(18)9-15(12)19/h2-7,9,16,20H,8,10H2,1H3. The average Bonchev–Trinajstić information content (AvgIpc) is 2.51. The summed E-state index contributed by atoms with van der Waals surface area (Å²) in [5.74, 6) is 0.0431. The molecule has 5 heteroatoms. The zero-order valence-electron chi connectivity index (χ0n) is 12.1. The fraction of sp³-hybridized carbons (Fsp3) is 0.235. The molecular weight excluding hydrogens is 319 g/mol. The molecule has 0 radical (unpaired) electrons. The number of likely N-dealkylation sites (N-methyl/N-ethyl adjacent to an activating group) is 1. The molecule has 0 aliphatic carbocycles. The summed E-state index contributed by atoms with van der Waals surface area (Å²) in [6.07, 6.45) is 0.734. The number of carbonyl (C=O) groups is 1. The first-order valence-corrected chi connectivity index (χ1v) is 7.84. The van der Waals surface area contributed by atoms with E-state index < -0.39 is 0 Å². The molecule has 0 saturated carbocycles. The van der Waals surface area contributed by atoms with Crippen molar-refractivity contribution >= 4 is 29.1 Å². The molecule has 1 heterocycles. The van der Waals surface area contributed by atoms with Gasteiger partial charge in [-0.15, -0.1) is 0 Å². The van der Waals surface area contributed by atoms with Gasteiger partial charge in [-0.25, -0.2) is 0 Å². The number of nitrogens with zero attached hydrogens (tertiary/aromatic N) is 1. The van der Waals surface area contributed by atoms with Gasteiger partial charge in [-0.2, -0.15) is 0 Å². The highest BCUT2D eigenvalue weighted by Gasteiger charge is 2.28. The molecule has 3 rings (SSSR count). The molecule has 22 heavy (non-hydrogen) atoms. The third-order valence-electron chi connectivity index (χ3n) is 3.99. The Hall–Kier alpha value is -1.55. The summed E-state index contributed by atoms with van der Waals surface area (Å²) >= 11 is 12.1. The average molecular weight is 335 g/mol. The summed E-state index contributed by atoms with van der Waals surface area (Å²) in [6, 6.07) is 13.2. The molecule has 3 nitrogen and oxygen atoms in total. The Kier molecular flexibility index (Phi) is 4.39. The van der Waals surface area contributed by atoms with E-state index in [0.717, 1.165) is 23.1 Å². The molecule has 0 aromatic heterocycles. The number of benzene rings is 2. The van der Waals surface area contributed by atoms with Crippen LogP contribution in [0.3, 0.4) is 0 Å². The van der Waals surface area contributed by atoms with E-state index in [0.29, 0.717) is 16.6 Å². The quantitative estimate of drug-likeness (QED) is 0.927. The van der Waals surface area contributed by atoms with Crippen LogP contribution < -0.4 is 5.32 Å². The van der Waals surface area contributed by atoms with Crippen molar-refractivity contribution in [2.75, 3.05) is 7.05 Å². The fourth-order valence-electron chi connectivity index (χ4n) is 2.69. The molecule has 1 atom stereocenters. The van der Waals surface area contributed by atoms with Gasteiger partial charge in [0.05, 0.1) is 6.17 Å². The smallest absolute Gasteiger partial charge is 0.255 e. The predicted molar refractivity (Wildman–Crippen MR) is 89.3 cm³/mol. The Balaban J connectivity index is 1.75. The van der Waals surface area contributed by atoms with Crippen molar-refractivity contribution in [2.24, 2.45) is 0 Å². The molecule has 0 saturated heterocycles. The minimum Gasteiger partial charge on any atom is -0.326 e. The van der Waals surface area contributed by atoms with Gasteiger partial charge in [-0.3, -0.25) is 10.1 Å². The molecule has 1 aliphatic heterocycles. The van der Waals surface area contributed by atoms with Crippen LogP contribution in [0.1, 0.15) is 21.5 Å². The lowest BCUT2D eigenvalue weighted by Gasteiger charge is -2.34. The van der Waals surface area contributed by atoms with Gasteiger partial charge in [-0.05, 0) is 29.3 Å². The van der Waals surface area contributed by atoms with Crippen molar-refractivity contribution in [2.45, 2.75) is 19.1 Å². The molecule has 0 spiro atoms. The molecular formula is C17H16Cl2N2O. The zero-order valence-corrected chi connectivity index (χ0v) is 13.7. The van der Waals surface area contributed by atoms with Crippen LogP contribution in [0.25, 0.3) is 0 Å². The van der Waals surface area contributed by atoms with Crippen LogP contribution in [0.2, 0.25) is 10.0 Å². The third-order valence-corrected chi connectivity index (χ3v) is 4.58. The Morgan fingerprint density at radius 1 is 1.23 bits per heavy atom. The molecule has 114 valence electrons. The van der Waals surface area contributed by atoms with Crippen LogP contribution >= 0.6 is 23.2 Å². The number of fused-ring (bicyclic) bond motifs is 1. The molecule has 1 N–H and O–H groups in total. The number of rotatable bonds is 3. The second kappa shape index (κ2) is 6.29. The van der Waals surface area contributed by atoms with E-state index in [1.807, 2.05) is 43.4 Å². The normalized spacial score (nSPS) is 17.5. The maximum absolute atomic E-state index is 12.4. The highest BCUT2D eigenvalue weighted by Crippen LogP contribution is 2.23. The first kappa shape index (κ1) is 15.3. The summed E-state index contributed by atoms with van der Waals surface area (Å²) in [6.45, 7) is 0.584. The van der Waals surface area contributed by atoms with Crippen LogP contribution in [0.5, 0.6) is 0 Å². The van der Waals surface area contributed by atoms with Crippen molar-refractivity contribution in [3.8, 4) is 0 Å². The highest BCUT2D eigenvalue weighted by atomic mass is 35.5. The maximum atomic E-state index is 12.4. The molecule has 1 unspecified atom stereocenters. The van der Waals surface area contributed by atoms with Crippen molar-refractivity contribution in [3.63, 3.8) is 0 Å². The minimum absolute atomic E-state index is 0.0431. The first-order valence-electron chi connectivity index (χ1n) is 7.08. The number of carbonyl (C=O) groups excluding carboxylic acids is 1. The van der Waals surface area contributed by atoms with Crippen LogP contribution in [0.4, 0.5) is 0 Å². The van der Waals surface area contributed by atoms with E-state index in [2.05, 4.69) is 5.32 Å². The molecule has 2 aromatic rings. The van der Waals surface area contributed by atoms with E-state index in [-0.39, 0.29) is 12.1 Å². The fourth-order valence-corrected chi connectivity index (χ4v) is 3.16. The van der Waals surface area contributed by atoms with Gasteiger partial charge in [0.15, 0.2) is 0 Å². The summed E-state index contributed by atoms with van der Waals surface area (Å²) in [4.78, 5) is 14.1. The second-order valence-electron chi connectivity index (χ2n) is 5.41. The maximum Gasteiger partial charge on any atom is 0.255 e. The van der Waals surface area contributed by atoms with Gasteiger partial charge < -0.3 is 4.90 Å². The van der Waals surface area contributed by atoms with Crippen molar-refractivity contribution < 1.29 is 4.79 Å². The molecule has 1 amide bonds. The number of hydrogen-bond donors (Lipinski definition) is 1. The molecule has 2 aromatic carbocycles. The number of hydrogen-bond acceptors (Lipinski definition) is 2. The Labute approximate surface area is 139 Å². The zero-order chi connectivity index (χ0) is 15.7. The SMILES string of the molecule is CN1C(=O)c2ccccc2CC1NCc1ccc(Cl)cc1Cl. The largest absolute Gasteiger partial charge is 0.326 e. The van der Waals surface area contributed by atoms with Crippen molar-refractivity contribution in [1.29, 1.82) is 0 Å². The summed E-state index contributed by atoms with van der Waals surface area (Å²) < 4.78 is 0. The van der Waals surface area contributed by atoms with Gasteiger partial charge in [0, 0.05) is 35.6 Å². The molecule has 0 bridgehead atoms.